The molecule has 30 valence electrons. The third-order valence-electron chi connectivity index (χ3n) is 0.144. The highest BCUT2D eigenvalue weighted by Gasteiger charge is 2.08. The van der Waals surface area contributed by atoms with Crippen molar-refractivity contribution >= 4 is 18.7 Å². The zero-order chi connectivity index (χ0) is 4.28. The smallest absolute Gasteiger partial charge is 0.0125 e. The minimum Gasteiger partial charge on any atom is -0.0125 e. The predicted octanol–water partition coefficient (Wildman–Crippen LogP) is 1.98. The lowest BCUT2D eigenvalue weighted by atomic mass is 12.0. The van der Waals surface area contributed by atoms with Gasteiger partial charge in [-0.05, 0) is 4.57 Å². The second-order valence-corrected chi connectivity index (χ2v) is 3.14. The SMILES string of the molecule is CS[P+](=O)F. The zero-order valence-electron chi connectivity index (χ0n) is 2.64. The van der Waals surface area contributed by atoms with Crippen molar-refractivity contribution in [2.24, 2.45) is 0 Å². The van der Waals surface area contributed by atoms with E-state index in [0.29, 0.717) is 0 Å². The van der Waals surface area contributed by atoms with Crippen molar-refractivity contribution in [1.29, 1.82) is 0 Å². The van der Waals surface area contributed by atoms with Crippen LogP contribution >= 0.6 is 18.7 Å². The molecule has 0 aliphatic heterocycles. The van der Waals surface area contributed by atoms with Crippen LogP contribution in [-0.4, -0.2) is 6.26 Å². The average Bonchev–Trinajstić information content (AvgIpc) is 1.38. The lowest BCUT2D eigenvalue weighted by Crippen LogP contribution is -1.25. The Morgan fingerprint density at radius 1 is 2.00 bits per heavy atom. The van der Waals surface area contributed by atoms with Gasteiger partial charge >= 0.3 is 7.31 Å². The Labute approximate surface area is 34.6 Å². The van der Waals surface area contributed by atoms with E-state index in [4.69, 9.17) is 0 Å². The molecule has 5 heavy (non-hydrogen) atoms. The number of hydrogen-bond acceptors (Lipinski definition) is 2. The van der Waals surface area contributed by atoms with Crippen LogP contribution in [-0.2, 0) is 4.57 Å². The van der Waals surface area contributed by atoms with Crippen LogP contribution in [0.25, 0.3) is 0 Å². The molecular formula is CH3FOPS+. The van der Waals surface area contributed by atoms with Crippen LogP contribution in [0.2, 0.25) is 0 Å². The van der Waals surface area contributed by atoms with Crippen LogP contribution in [0.4, 0.5) is 4.20 Å². The maximum absolute atomic E-state index is 10.9. The molecule has 0 N–H and O–H groups in total. The van der Waals surface area contributed by atoms with E-state index < -0.39 is 7.31 Å². The van der Waals surface area contributed by atoms with Crippen molar-refractivity contribution in [3.8, 4) is 0 Å². The highest BCUT2D eigenvalue weighted by Crippen LogP contribution is 2.35. The van der Waals surface area contributed by atoms with Crippen LogP contribution < -0.4 is 0 Å². The minimum atomic E-state index is -2.43. The summed E-state index contributed by atoms with van der Waals surface area (Å²) in [6, 6.07) is 0. The molecule has 0 amide bonds. The quantitative estimate of drug-likeness (QED) is 0.483. The van der Waals surface area contributed by atoms with Crippen LogP contribution in [0.1, 0.15) is 0 Å². The summed E-state index contributed by atoms with van der Waals surface area (Å²) in [6.07, 6.45) is 1.46. The Morgan fingerprint density at radius 3 is 2.20 bits per heavy atom. The molecule has 0 aliphatic carbocycles. The van der Waals surface area contributed by atoms with Gasteiger partial charge in [-0.15, -0.1) is 0 Å². The van der Waals surface area contributed by atoms with Gasteiger partial charge in [-0.3, -0.25) is 0 Å². The highest BCUT2D eigenvalue weighted by atomic mass is 32.7. The Bertz CT molecular complexity index is 46.9. The van der Waals surface area contributed by atoms with Crippen LogP contribution in [0, 0.1) is 0 Å². The molecule has 0 aromatic carbocycles. The highest BCUT2D eigenvalue weighted by molar-refractivity contribution is 8.49. The molecule has 0 heterocycles. The fraction of sp³-hybridized carbons (Fsp3) is 1.00. The number of rotatable bonds is 1. The maximum atomic E-state index is 10.9. The van der Waals surface area contributed by atoms with Crippen molar-refractivity contribution in [3.05, 3.63) is 0 Å². The Balaban J connectivity index is 2.85. The Kier molecular flexibility index (Phi) is 2.81. The van der Waals surface area contributed by atoms with E-state index in [0.717, 1.165) is 11.4 Å². The van der Waals surface area contributed by atoms with Gasteiger partial charge in [-0.1, -0.05) is 0 Å². The van der Waals surface area contributed by atoms with Crippen molar-refractivity contribution < 1.29 is 8.76 Å². The zero-order valence-corrected chi connectivity index (χ0v) is 4.35. The summed E-state index contributed by atoms with van der Waals surface area (Å²) in [5, 5.41) is 0. The van der Waals surface area contributed by atoms with Gasteiger partial charge in [0, 0.05) is 6.26 Å². The third-order valence-corrected chi connectivity index (χ3v) is 1.29. The number of hydrogen-bond donors (Lipinski definition) is 0. The van der Waals surface area contributed by atoms with E-state index in [1.54, 1.807) is 0 Å². The third kappa shape index (κ3) is 4.38. The van der Waals surface area contributed by atoms with Gasteiger partial charge < -0.3 is 0 Å². The minimum absolute atomic E-state index is 0.722. The standard InChI is InChI=1S/CH3FOPS/c1-5-4(2)3/h1H3/q+1. The van der Waals surface area contributed by atoms with Crippen LogP contribution in [0.3, 0.4) is 0 Å². The molecule has 0 aromatic rings. The average molecular weight is 113 g/mol. The molecule has 0 aromatic heterocycles. The number of halogens is 1. The molecular weight excluding hydrogens is 110 g/mol. The fourth-order valence-electron chi connectivity index (χ4n) is 0. The molecule has 1 nitrogen and oxygen atoms in total. The van der Waals surface area contributed by atoms with Gasteiger partial charge in [-0.2, -0.15) is 0 Å². The molecule has 4 heteroatoms. The van der Waals surface area contributed by atoms with Gasteiger partial charge in [0.2, 0.25) is 0 Å². The summed E-state index contributed by atoms with van der Waals surface area (Å²) >= 11 is 0.722. The molecule has 0 bridgehead atoms. The molecule has 1 unspecified atom stereocenters. The second-order valence-electron chi connectivity index (χ2n) is 0.395. The summed E-state index contributed by atoms with van der Waals surface area (Å²) in [5.41, 5.74) is 0. The van der Waals surface area contributed by atoms with E-state index in [2.05, 4.69) is 0 Å². The molecule has 0 radical (unpaired) electrons. The molecule has 0 spiro atoms. The summed E-state index contributed by atoms with van der Waals surface area (Å²) in [5.74, 6) is 0. The molecule has 0 aliphatic rings. The van der Waals surface area contributed by atoms with Gasteiger partial charge in [-0.25, -0.2) is 0 Å². The lowest BCUT2D eigenvalue weighted by molar-refractivity contribution is 0.572. The molecule has 0 saturated heterocycles. The first kappa shape index (κ1) is 5.38. The molecule has 0 rings (SSSR count). The lowest BCUT2D eigenvalue weighted by Gasteiger charge is -1.45. The summed E-state index contributed by atoms with van der Waals surface area (Å²) in [6.45, 7) is 0. The second kappa shape index (κ2) is 2.61. The van der Waals surface area contributed by atoms with Crippen LogP contribution in [0.5, 0.6) is 0 Å². The normalized spacial score (nSPS) is 11.2. The predicted molar refractivity (Wildman–Crippen MR) is 22.2 cm³/mol. The summed E-state index contributed by atoms with van der Waals surface area (Å²) < 4.78 is 20.2. The van der Waals surface area contributed by atoms with Crippen molar-refractivity contribution in [1.82, 2.24) is 0 Å². The van der Waals surface area contributed by atoms with Crippen LogP contribution in [0.15, 0.2) is 0 Å². The van der Waals surface area contributed by atoms with Gasteiger partial charge in [0.25, 0.3) is 0 Å². The first-order valence-electron chi connectivity index (χ1n) is 0.942. The molecule has 0 fully saturated rings. The maximum Gasteiger partial charge on any atom is 0.632 e. The van der Waals surface area contributed by atoms with E-state index in [1.165, 1.54) is 6.26 Å². The Hall–Kier alpha value is 0.380. The topological polar surface area (TPSA) is 17.1 Å². The largest absolute Gasteiger partial charge is 0.632 e. The Morgan fingerprint density at radius 2 is 2.20 bits per heavy atom. The first-order valence-corrected chi connectivity index (χ1v) is 3.92. The van der Waals surface area contributed by atoms with E-state index >= 15 is 0 Å². The summed E-state index contributed by atoms with van der Waals surface area (Å²) in [4.78, 5) is 0. The van der Waals surface area contributed by atoms with Crippen molar-refractivity contribution in [2.45, 2.75) is 0 Å². The van der Waals surface area contributed by atoms with E-state index in [-0.39, 0.29) is 0 Å². The van der Waals surface area contributed by atoms with Gasteiger partial charge in [0.15, 0.2) is 11.4 Å². The first-order chi connectivity index (χ1) is 2.27. The van der Waals surface area contributed by atoms with Crippen molar-refractivity contribution in [3.63, 3.8) is 0 Å². The van der Waals surface area contributed by atoms with Gasteiger partial charge in [0.1, 0.15) is 0 Å². The molecule has 1 atom stereocenters. The van der Waals surface area contributed by atoms with Crippen molar-refractivity contribution in [2.75, 3.05) is 6.26 Å². The van der Waals surface area contributed by atoms with E-state index in [9.17, 15) is 8.76 Å². The van der Waals surface area contributed by atoms with E-state index in [1.807, 2.05) is 0 Å². The molecule has 0 saturated carbocycles. The monoisotopic (exact) mass is 113 g/mol. The fourth-order valence-corrected chi connectivity index (χ4v) is 0. The summed E-state index contributed by atoms with van der Waals surface area (Å²) in [7, 11) is -2.43. The van der Waals surface area contributed by atoms with Gasteiger partial charge in [0.05, 0.1) is 4.20 Å².